The van der Waals surface area contributed by atoms with E-state index in [1.54, 1.807) is 41.3 Å². The van der Waals surface area contributed by atoms with Crippen LogP contribution in [-0.4, -0.2) is 38.9 Å². The van der Waals surface area contributed by atoms with Gasteiger partial charge in [-0.05, 0) is 43.0 Å². The summed E-state index contributed by atoms with van der Waals surface area (Å²) in [5.41, 5.74) is 0.191. The molecule has 0 saturated carbocycles. The number of nitrogens with zero attached hydrogens (tertiary/aromatic N) is 2. The first-order valence-electron chi connectivity index (χ1n) is 9.10. The first-order valence-corrected chi connectivity index (χ1v) is 11.3. The molecule has 28 heavy (non-hydrogen) atoms. The Kier molecular flexibility index (Phi) is 6.53. The smallest absolute Gasteiger partial charge is 0.264 e. The molecule has 1 aliphatic heterocycles. The molecule has 0 spiro atoms. The third-order valence-corrected chi connectivity index (χ3v) is 7.40. The van der Waals surface area contributed by atoms with E-state index < -0.39 is 10.0 Å². The normalized spacial score (nSPS) is 17.4. The fraction of sp³-hybridized carbons (Fsp3) is 0.350. The van der Waals surface area contributed by atoms with Gasteiger partial charge in [0, 0.05) is 13.1 Å². The molecule has 0 N–H and O–H groups in total. The Hall–Kier alpha value is -1.76. The van der Waals surface area contributed by atoms with Crippen LogP contribution in [0.1, 0.15) is 19.8 Å². The van der Waals surface area contributed by atoms with Gasteiger partial charge in [-0.2, -0.15) is 0 Å². The summed E-state index contributed by atoms with van der Waals surface area (Å²) in [5.74, 6) is 0.147. The number of hydrogen-bond acceptors (Lipinski definition) is 3. The number of benzene rings is 2. The van der Waals surface area contributed by atoms with E-state index in [1.807, 2.05) is 0 Å². The van der Waals surface area contributed by atoms with Gasteiger partial charge < -0.3 is 4.90 Å². The molecule has 1 fully saturated rings. The lowest BCUT2D eigenvalue weighted by Crippen LogP contribution is -2.46. The molecule has 2 aromatic carbocycles. The molecule has 0 radical (unpaired) electrons. The standard InChI is InChI=1S/C20H22Cl2N2O3S/c1-15-7-6-12-23(13-15)19(25)14-24(18-11-5-10-17(21)20(18)22)28(26,27)16-8-3-2-4-9-16/h2-5,8-11,15H,6-7,12-14H2,1H3. The van der Waals surface area contributed by atoms with Gasteiger partial charge in [0.2, 0.25) is 5.91 Å². The highest BCUT2D eigenvalue weighted by molar-refractivity contribution is 7.92. The van der Waals surface area contributed by atoms with E-state index in [0.29, 0.717) is 19.0 Å². The van der Waals surface area contributed by atoms with Gasteiger partial charge in [-0.25, -0.2) is 8.42 Å². The lowest BCUT2D eigenvalue weighted by atomic mass is 10.0. The second kappa shape index (κ2) is 8.72. The second-order valence-electron chi connectivity index (χ2n) is 6.98. The van der Waals surface area contributed by atoms with Crippen molar-refractivity contribution in [1.29, 1.82) is 0 Å². The molecule has 0 aromatic heterocycles. The highest BCUT2D eigenvalue weighted by Crippen LogP contribution is 2.35. The van der Waals surface area contributed by atoms with Gasteiger partial charge >= 0.3 is 0 Å². The van der Waals surface area contributed by atoms with Crippen molar-refractivity contribution in [3.05, 3.63) is 58.6 Å². The number of halogens is 2. The first kappa shape index (κ1) is 21.0. The molecule has 1 aliphatic rings. The van der Waals surface area contributed by atoms with Crippen molar-refractivity contribution in [2.24, 2.45) is 5.92 Å². The van der Waals surface area contributed by atoms with Crippen LogP contribution < -0.4 is 4.31 Å². The van der Waals surface area contributed by atoms with Crippen LogP contribution in [0.3, 0.4) is 0 Å². The van der Waals surface area contributed by atoms with Crippen LogP contribution in [0.5, 0.6) is 0 Å². The van der Waals surface area contributed by atoms with Crippen molar-refractivity contribution in [3.63, 3.8) is 0 Å². The zero-order valence-electron chi connectivity index (χ0n) is 15.5. The van der Waals surface area contributed by atoms with E-state index in [4.69, 9.17) is 23.2 Å². The summed E-state index contributed by atoms with van der Waals surface area (Å²) in [7, 11) is -4.00. The molecule has 8 heteroatoms. The maximum Gasteiger partial charge on any atom is 0.264 e. The van der Waals surface area contributed by atoms with E-state index >= 15 is 0 Å². The number of carbonyl (C=O) groups excluding carboxylic acids is 1. The molecule has 3 rings (SSSR count). The Balaban J connectivity index is 2.00. The van der Waals surface area contributed by atoms with Gasteiger partial charge in [0.25, 0.3) is 10.0 Å². The number of carbonyl (C=O) groups is 1. The number of hydrogen-bond donors (Lipinski definition) is 0. The molecule has 1 amide bonds. The van der Waals surface area contributed by atoms with Crippen LogP contribution >= 0.6 is 23.2 Å². The van der Waals surface area contributed by atoms with Gasteiger partial charge in [-0.3, -0.25) is 9.10 Å². The maximum atomic E-state index is 13.3. The third-order valence-electron chi connectivity index (χ3n) is 4.82. The highest BCUT2D eigenvalue weighted by Gasteiger charge is 2.31. The zero-order valence-corrected chi connectivity index (χ0v) is 17.8. The van der Waals surface area contributed by atoms with E-state index in [2.05, 4.69) is 6.92 Å². The van der Waals surface area contributed by atoms with E-state index in [-0.39, 0.29) is 33.1 Å². The van der Waals surface area contributed by atoms with Crippen molar-refractivity contribution in [1.82, 2.24) is 4.90 Å². The van der Waals surface area contributed by atoms with Gasteiger partial charge in [-0.1, -0.05) is 54.4 Å². The van der Waals surface area contributed by atoms with Crippen LogP contribution in [0, 0.1) is 5.92 Å². The Morgan fingerprint density at radius 1 is 1.14 bits per heavy atom. The predicted octanol–water partition coefficient (Wildman–Crippen LogP) is 4.45. The molecule has 1 atom stereocenters. The molecule has 2 aromatic rings. The molecule has 0 bridgehead atoms. The summed E-state index contributed by atoms with van der Waals surface area (Å²) >= 11 is 12.4. The Morgan fingerprint density at radius 2 is 1.86 bits per heavy atom. The van der Waals surface area contributed by atoms with E-state index in [1.165, 1.54) is 12.1 Å². The fourth-order valence-electron chi connectivity index (χ4n) is 3.34. The minimum Gasteiger partial charge on any atom is -0.341 e. The summed E-state index contributed by atoms with van der Waals surface area (Å²) in [6, 6.07) is 12.7. The molecule has 1 unspecified atom stereocenters. The number of sulfonamides is 1. The minimum atomic E-state index is -4.00. The van der Waals surface area contributed by atoms with Crippen LogP contribution in [0.2, 0.25) is 10.0 Å². The summed E-state index contributed by atoms with van der Waals surface area (Å²) in [5, 5.41) is 0.329. The number of piperidine rings is 1. The summed E-state index contributed by atoms with van der Waals surface area (Å²) in [6.07, 6.45) is 1.98. The average Bonchev–Trinajstić information content (AvgIpc) is 2.69. The number of anilines is 1. The van der Waals surface area contributed by atoms with Crippen LogP contribution in [0.4, 0.5) is 5.69 Å². The van der Waals surface area contributed by atoms with Crippen LogP contribution in [-0.2, 0) is 14.8 Å². The summed E-state index contributed by atoms with van der Waals surface area (Å²) in [4.78, 5) is 14.8. The molecular weight excluding hydrogens is 419 g/mol. The van der Waals surface area contributed by atoms with Gasteiger partial charge in [0.1, 0.15) is 6.54 Å². The average molecular weight is 441 g/mol. The molecule has 150 valence electrons. The second-order valence-corrected chi connectivity index (χ2v) is 9.63. The minimum absolute atomic E-state index is 0.0888. The van der Waals surface area contributed by atoms with Crippen molar-refractivity contribution in [2.75, 3.05) is 23.9 Å². The van der Waals surface area contributed by atoms with Crippen molar-refractivity contribution in [2.45, 2.75) is 24.7 Å². The molecular formula is C20H22Cl2N2O3S. The lowest BCUT2D eigenvalue weighted by molar-refractivity contribution is -0.131. The Bertz CT molecular complexity index is 951. The molecule has 0 aliphatic carbocycles. The SMILES string of the molecule is CC1CCCN(C(=O)CN(c2cccc(Cl)c2Cl)S(=O)(=O)c2ccccc2)C1. The summed E-state index contributed by atoms with van der Waals surface area (Å²) < 4.78 is 27.7. The van der Waals surface area contributed by atoms with Crippen LogP contribution in [0.15, 0.2) is 53.4 Å². The summed E-state index contributed by atoms with van der Waals surface area (Å²) in [6.45, 7) is 3.02. The molecule has 1 saturated heterocycles. The number of rotatable bonds is 5. The Morgan fingerprint density at radius 3 is 2.54 bits per heavy atom. The van der Waals surface area contributed by atoms with Crippen molar-refractivity contribution < 1.29 is 13.2 Å². The lowest BCUT2D eigenvalue weighted by Gasteiger charge is -2.33. The first-order chi connectivity index (χ1) is 13.3. The van der Waals surface area contributed by atoms with Crippen LogP contribution in [0.25, 0.3) is 0 Å². The quantitative estimate of drug-likeness (QED) is 0.689. The topological polar surface area (TPSA) is 57.7 Å². The monoisotopic (exact) mass is 440 g/mol. The third kappa shape index (κ3) is 4.45. The van der Waals surface area contributed by atoms with Crippen molar-refractivity contribution in [3.8, 4) is 0 Å². The van der Waals surface area contributed by atoms with Gasteiger partial charge in [0.15, 0.2) is 0 Å². The predicted molar refractivity (Wildman–Crippen MR) is 112 cm³/mol. The highest BCUT2D eigenvalue weighted by atomic mass is 35.5. The number of likely N-dealkylation sites (tertiary alicyclic amines) is 1. The van der Waals surface area contributed by atoms with E-state index in [0.717, 1.165) is 17.1 Å². The Labute approximate surface area is 175 Å². The molecule has 1 heterocycles. The van der Waals surface area contributed by atoms with Crippen molar-refractivity contribution >= 4 is 44.8 Å². The van der Waals surface area contributed by atoms with E-state index in [9.17, 15) is 13.2 Å². The zero-order chi connectivity index (χ0) is 20.3. The fourth-order valence-corrected chi connectivity index (χ4v) is 5.24. The van der Waals surface area contributed by atoms with Gasteiger partial charge in [-0.15, -0.1) is 0 Å². The number of amides is 1. The maximum absolute atomic E-state index is 13.3. The molecule has 5 nitrogen and oxygen atoms in total. The largest absolute Gasteiger partial charge is 0.341 e. The van der Waals surface area contributed by atoms with Gasteiger partial charge in [0.05, 0.1) is 20.6 Å².